The third-order valence-corrected chi connectivity index (χ3v) is 3.88. The van der Waals surface area contributed by atoms with Gasteiger partial charge in [-0.05, 0) is 25.1 Å². The summed E-state index contributed by atoms with van der Waals surface area (Å²) >= 11 is 0. The van der Waals surface area contributed by atoms with Gasteiger partial charge in [0, 0.05) is 32.2 Å². The number of aromatic carboxylic acids is 1. The number of piperazine rings is 1. The average molecular weight is 328 g/mol. The summed E-state index contributed by atoms with van der Waals surface area (Å²) < 4.78 is 5.45. The van der Waals surface area contributed by atoms with Crippen LogP contribution in [0.15, 0.2) is 36.4 Å². The summed E-state index contributed by atoms with van der Waals surface area (Å²) in [7, 11) is 0. The summed E-state index contributed by atoms with van der Waals surface area (Å²) in [5.74, 6) is 1.22. The first kappa shape index (κ1) is 16.0. The van der Waals surface area contributed by atoms with E-state index < -0.39 is 5.97 Å². The maximum absolute atomic E-state index is 11.0. The normalized spacial score (nSPS) is 14.5. The van der Waals surface area contributed by atoms with Gasteiger partial charge in [0.25, 0.3) is 0 Å². The van der Waals surface area contributed by atoms with Crippen molar-refractivity contribution in [2.24, 2.45) is 0 Å². The molecular formula is C17H20N4O3. The fraction of sp³-hybridized carbons (Fsp3) is 0.353. The Morgan fingerprint density at radius 1 is 1.04 bits per heavy atom. The van der Waals surface area contributed by atoms with Gasteiger partial charge in [0.15, 0.2) is 5.69 Å². The van der Waals surface area contributed by atoms with Crippen LogP contribution in [-0.2, 0) is 0 Å². The zero-order valence-electron chi connectivity index (χ0n) is 13.6. The maximum Gasteiger partial charge on any atom is 0.354 e. The molecule has 1 saturated heterocycles. The van der Waals surface area contributed by atoms with Crippen LogP contribution in [0.2, 0.25) is 0 Å². The summed E-state index contributed by atoms with van der Waals surface area (Å²) in [5.41, 5.74) is 0.0704. The Balaban J connectivity index is 1.66. The zero-order valence-corrected chi connectivity index (χ0v) is 13.6. The van der Waals surface area contributed by atoms with Crippen molar-refractivity contribution < 1.29 is 14.6 Å². The molecule has 7 nitrogen and oxygen atoms in total. The molecule has 0 aliphatic carbocycles. The molecule has 3 heterocycles. The van der Waals surface area contributed by atoms with E-state index in [1.807, 2.05) is 31.2 Å². The van der Waals surface area contributed by atoms with E-state index in [0.717, 1.165) is 32.0 Å². The summed E-state index contributed by atoms with van der Waals surface area (Å²) in [6, 6.07) is 10.8. The minimum Gasteiger partial charge on any atom is -0.478 e. The number of anilines is 2. The molecule has 0 bridgehead atoms. The van der Waals surface area contributed by atoms with Gasteiger partial charge < -0.3 is 19.6 Å². The summed E-state index contributed by atoms with van der Waals surface area (Å²) in [5, 5.41) is 9.06. The zero-order chi connectivity index (χ0) is 16.9. The van der Waals surface area contributed by atoms with Gasteiger partial charge in [0.2, 0.25) is 5.88 Å². The predicted molar refractivity (Wildman–Crippen MR) is 91.0 cm³/mol. The second kappa shape index (κ2) is 7.16. The van der Waals surface area contributed by atoms with Gasteiger partial charge in [0.1, 0.15) is 11.6 Å². The first-order chi connectivity index (χ1) is 11.7. The van der Waals surface area contributed by atoms with Gasteiger partial charge in [-0.1, -0.05) is 12.1 Å². The average Bonchev–Trinajstić information content (AvgIpc) is 2.62. The van der Waals surface area contributed by atoms with Crippen molar-refractivity contribution in [3.63, 3.8) is 0 Å². The molecule has 3 rings (SSSR count). The first-order valence-electron chi connectivity index (χ1n) is 7.97. The van der Waals surface area contributed by atoms with E-state index in [4.69, 9.17) is 9.84 Å². The number of carboxylic acids is 1. The molecule has 0 aromatic carbocycles. The van der Waals surface area contributed by atoms with Crippen molar-refractivity contribution in [2.45, 2.75) is 6.92 Å². The Bertz CT molecular complexity index is 714. The van der Waals surface area contributed by atoms with Crippen LogP contribution < -0.4 is 14.5 Å². The van der Waals surface area contributed by atoms with Crippen molar-refractivity contribution >= 4 is 17.6 Å². The second-order valence-corrected chi connectivity index (χ2v) is 5.43. The quantitative estimate of drug-likeness (QED) is 0.898. The van der Waals surface area contributed by atoms with Crippen LogP contribution in [-0.4, -0.2) is 53.8 Å². The van der Waals surface area contributed by atoms with Gasteiger partial charge in [-0.25, -0.2) is 9.78 Å². The van der Waals surface area contributed by atoms with Gasteiger partial charge >= 0.3 is 5.97 Å². The van der Waals surface area contributed by atoms with Crippen LogP contribution in [0.5, 0.6) is 5.88 Å². The summed E-state index contributed by atoms with van der Waals surface area (Å²) in [6.07, 6.45) is 0. The molecular weight excluding hydrogens is 308 g/mol. The minimum atomic E-state index is -1.01. The molecule has 2 aromatic rings. The lowest BCUT2D eigenvalue weighted by molar-refractivity contribution is 0.0690. The largest absolute Gasteiger partial charge is 0.478 e. The van der Waals surface area contributed by atoms with E-state index >= 15 is 0 Å². The fourth-order valence-electron chi connectivity index (χ4n) is 2.69. The first-order valence-corrected chi connectivity index (χ1v) is 7.97. The SMILES string of the molecule is CCOc1cccc(N2CCN(c3cccc(C(=O)O)n3)CC2)n1. The molecule has 24 heavy (non-hydrogen) atoms. The van der Waals surface area contributed by atoms with Crippen molar-refractivity contribution in [3.05, 3.63) is 42.1 Å². The molecule has 0 saturated carbocycles. The van der Waals surface area contributed by atoms with Crippen LogP contribution in [0, 0.1) is 0 Å². The Labute approximate surface area is 140 Å². The Morgan fingerprint density at radius 3 is 2.21 bits per heavy atom. The second-order valence-electron chi connectivity index (χ2n) is 5.43. The summed E-state index contributed by atoms with van der Waals surface area (Å²) in [6.45, 7) is 5.64. The molecule has 0 spiro atoms. The lowest BCUT2D eigenvalue weighted by Crippen LogP contribution is -2.47. The highest BCUT2D eigenvalue weighted by atomic mass is 16.5. The molecule has 1 fully saturated rings. The molecule has 0 radical (unpaired) electrons. The third kappa shape index (κ3) is 3.56. The number of hydrogen-bond acceptors (Lipinski definition) is 6. The van der Waals surface area contributed by atoms with E-state index in [9.17, 15) is 4.79 Å². The molecule has 0 amide bonds. The van der Waals surface area contributed by atoms with Gasteiger partial charge in [-0.2, -0.15) is 4.98 Å². The summed E-state index contributed by atoms with van der Waals surface area (Å²) in [4.78, 5) is 24.1. The highest BCUT2D eigenvalue weighted by Gasteiger charge is 2.20. The molecule has 1 N–H and O–H groups in total. The Kier molecular flexibility index (Phi) is 4.79. The van der Waals surface area contributed by atoms with Crippen LogP contribution in [0.3, 0.4) is 0 Å². The Hall–Kier alpha value is -2.83. The van der Waals surface area contributed by atoms with E-state index in [1.165, 1.54) is 6.07 Å². The van der Waals surface area contributed by atoms with Crippen molar-refractivity contribution in [1.29, 1.82) is 0 Å². The number of carbonyl (C=O) groups is 1. The highest BCUT2D eigenvalue weighted by molar-refractivity contribution is 5.85. The third-order valence-electron chi connectivity index (χ3n) is 3.88. The maximum atomic E-state index is 11.0. The van der Waals surface area contributed by atoms with Crippen molar-refractivity contribution in [1.82, 2.24) is 9.97 Å². The van der Waals surface area contributed by atoms with Crippen molar-refractivity contribution in [2.75, 3.05) is 42.6 Å². The predicted octanol–water partition coefficient (Wildman–Crippen LogP) is 1.90. The lowest BCUT2D eigenvalue weighted by Gasteiger charge is -2.36. The van der Waals surface area contributed by atoms with Crippen LogP contribution in [0.25, 0.3) is 0 Å². The number of hydrogen-bond donors (Lipinski definition) is 1. The van der Waals surface area contributed by atoms with Gasteiger partial charge in [0.05, 0.1) is 6.61 Å². The van der Waals surface area contributed by atoms with Crippen LogP contribution >= 0.6 is 0 Å². The number of rotatable bonds is 5. The number of ether oxygens (including phenoxy) is 1. The van der Waals surface area contributed by atoms with Crippen molar-refractivity contribution in [3.8, 4) is 5.88 Å². The number of aromatic nitrogens is 2. The van der Waals surface area contributed by atoms with Gasteiger partial charge in [-0.15, -0.1) is 0 Å². The highest BCUT2D eigenvalue weighted by Crippen LogP contribution is 2.20. The lowest BCUT2D eigenvalue weighted by atomic mass is 10.2. The molecule has 0 atom stereocenters. The minimum absolute atomic E-state index is 0.0704. The van der Waals surface area contributed by atoms with Crippen LogP contribution in [0.4, 0.5) is 11.6 Å². The fourth-order valence-corrected chi connectivity index (χ4v) is 2.69. The molecule has 1 aliphatic heterocycles. The molecule has 7 heteroatoms. The number of nitrogens with zero attached hydrogens (tertiary/aromatic N) is 4. The Morgan fingerprint density at radius 2 is 1.62 bits per heavy atom. The molecule has 126 valence electrons. The molecule has 2 aromatic heterocycles. The van der Waals surface area contributed by atoms with E-state index in [0.29, 0.717) is 18.3 Å². The molecule has 0 unspecified atom stereocenters. The number of carboxylic acid groups (broad SMARTS) is 1. The van der Waals surface area contributed by atoms with Gasteiger partial charge in [-0.3, -0.25) is 0 Å². The topological polar surface area (TPSA) is 78.8 Å². The van der Waals surface area contributed by atoms with Crippen LogP contribution in [0.1, 0.15) is 17.4 Å². The smallest absolute Gasteiger partial charge is 0.354 e. The standard InChI is InChI=1S/C17H20N4O3/c1-2-24-16-8-4-7-15(19-16)21-11-9-20(10-12-21)14-6-3-5-13(18-14)17(22)23/h3-8H,2,9-12H2,1H3,(H,22,23). The van der Waals surface area contributed by atoms with E-state index in [-0.39, 0.29) is 5.69 Å². The van der Waals surface area contributed by atoms with E-state index in [1.54, 1.807) is 6.07 Å². The number of pyridine rings is 2. The molecule has 1 aliphatic rings. The van der Waals surface area contributed by atoms with E-state index in [2.05, 4.69) is 19.8 Å². The monoisotopic (exact) mass is 328 g/mol.